The Morgan fingerprint density at radius 1 is 1.15 bits per heavy atom. The molecule has 0 unspecified atom stereocenters. The maximum Gasteiger partial charge on any atom is 0.332 e. The van der Waals surface area contributed by atoms with Crippen LogP contribution in [0.5, 0.6) is 0 Å². The van der Waals surface area contributed by atoms with Gasteiger partial charge < -0.3 is 4.74 Å². The molecule has 0 N–H and O–H groups in total. The fourth-order valence-corrected chi connectivity index (χ4v) is 3.82. The molecule has 0 aliphatic rings. The molecule has 0 aliphatic heterocycles. The molecule has 0 aliphatic carbocycles. The van der Waals surface area contributed by atoms with Crippen LogP contribution in [0.1, 0.15) is 18.1 Å². The quantitative estimate of drug-likeness (QED) is 0.461. The second-order valence-electron chi connectivity index (χ2n) is 5.64. The molecule has 0 atom stereocenters. The van der Waals surface area contributed by atoms with Gasteiger partial charge in [0.2, 0.25) is 0 Å². The van der Waals surface area contributed by atoms with Crippen LogP contribution in [0, 0.1) is 6.92 Å². The van der Waals surface area contributed by atoms with Crippen LogP contribution in [0.15, 0.2) is 76.8 Å². The Balaban J connectivity index is 2.48. The third-order valence-electron chi connectivity index (χ3n) is 3.65. The van der Waals surface area contributed by atoms with E-state index in [0.29, 0.717) is 5.56 Å². The second-order valence-corrected chi connectivity index (χ2v) is 8.37. The first kappa shape index (κ1) is 20.9. The van der Waals surface area contributed by atoms with Crippen molar-refractivity contribution in [2.24, 2.45) is 0 Å². The van der Waals surface area contributed by atoms with Crippen LogP contribution in [0.2, 0.25) is 0 Å². The summed E-state index contributed by atoms with van der Waals surface area (Å²) in [4.78, 5) is 11.8. The molecule has 0 saturated carbocycles. The van der Waals surface area contributed by atoms with Crippen LogP contribution in [0.25, 0.3) is 5.70 Å². The van der Waals surface area contributed by atoms with Gasteiger partial charge in [-0.15, -0.1) is 0 Å². The van der Waals surface area contributed by atoms with Gasteiger partial charge in [0.25, 0.3) is 10.0 Å². The number of nitrogens with zero attached hydrogens (tertiary/aromatic N) is 1. The number of rotatable bonds is 7. The largest absolute Gasteiger partial charge is 0.463 e. The van der Waals surface area contributed by atoms with Crippen molar-refractivity contribution in [2.75, 3.05) is 6.61 Å². The number of benzene rings is 2. The highest BCUT2D eigenvalue weighted by atomic mass is 79.9. The summed E-state index contributed by atoms with van der Waals surface area (Å²) in [6.07, 6.45) is 2.23. The van der Waals surface area contributed by atoms with E-state index in [-0.39, 0.29) is 17.2 Å². The number of carbonyl (C=O) groups excluding carboxylic acids is 1. The molecule has 0 aromatic heterocycles. The van der Waals surface area contributed by atoms with Gasteiger partial charge in [-0.3, -0.25) is 0 Å². The first-order valence-electron chi connectivity index (χ1n) is 8.16. The number of aryl methyl sites for hydroxylation is 1. The maximum absolute atomic E-state index is 13.1. The smallest absolute Gasteiger partial charge is 0.332 e. The molecule has 0 saturated heterocycles. The van der Waals surface area contributed by atoms with Crippen LogP contribution in [0.3, 0.4) is 0 Å². The normalized spacial score (nSPS) is 11.4. The minimum Gasteiger partial charge on any atom is -0.463 e. The Morgan fingerprint density at radius 2 is 1.74 bits per heavy atom. The molecule has 2 aromatic rings. The first-order chi connectivity index (χ1) is 12.8. The lowest BCUT2D eigenvalue weighted by Crippen LogP contribution is -2.25. The van der Waals surface area contributed by atoms with Gasteiger partial charge in [-0.2, -0.15) is 0 Å². The summed E-state index contributed by atoms with van der Waals surface area (Å²) in [6.45, 7) is 7.66. The zero-order chi connectivity index (χ0) is 20.0. The molecule has 0 fully saturated rings. The Labute approximate surface area is 168 Å². The number of halogens is 1. The fourth-order valence-electron chi connectivity index (χ4n) is 2.23. The second kappa shape index (κ2) is 9.01. The zero-order valence-corrected chi connectivity index (χ0v) is 17.5. The average Bonchev–Trinajstić information content (AvgIpc) is 2.62. The average molecular weight is 450 g/mol. The maximum atomic E-state index is 13.1. The highest BCUT2D eigenvalue weighted by Gasteiger charge is 2.25. The molecule has 0 heterocycles. The molecular formula is C20H20BrNO4S. The van der Waals surface area contributed by atoms with Crippen LogP contribution < -0.4 is 0 Å². The molecule has 142 valence electrons. The number of esters is 1. The van der Waals surface area contributed by atoms with E-state index in [9.17, 15) is 13.2 Å². The highest BCUT2D eigenvalue weighted by molar-refractivity contribution is 9.10. The Kier molecular flexibility index (Phi) is 6.98. The Bertz CT molecular complexity index is 948. The molecular weight excluding hydrogens is 430 g/mol. The van der Waals surface area contributed by atoms with Gasteiger partial charge in [0, 0.05) is 16.7 Å². The molecule has 0 amide bonds. The van der Waals surface area contributed by atoms with E-state index in [1.807, 2.05) is 6.92 Å². The molecule has 2 aromatic carbocycles. The summed E-state index contributed by atoms with van der Waals surface area (Å²) in [7, 11) is -3.96. The summed E-state index contributed by atoms with van der Waals surface area (Å²) in [6, 6.07) is 13.5. The summed E-state index contributed by atoms with van der Waals surface area (Å²) in [5.41, 5.74) is 1.75. The number of ether oxygens (including phenoxy) is 1. The van der Waals surface area contributed by atoms with Crippen molar-refractivity contribution >= 4 is 37.6 Å². The van der Waals surface area contributed by atoms with E-state index in [0.717, 1.165) is 26.6 Å². The first-order valence-corrected chi connectivity index (χ1v) is 10.4. The van der Waals surface area contributed by atoms with E-state index in [4.69, 9.17) is 4.74 Å². The van der Waals surface area contributed by atoms with E-state index < -0.39 is 16.0 Å². The molecule has 5 nitrogen and oxygen atoms in total. The Morgan fingerprint density at radius 3 is 2.30 bits per heavy atom. The molecule has 0 spiro atoms. The summed E-state index contributed by atoms with van der Waals surface area (Å²) >= 11 is 3.34. The van der Waals surface area contributed by atoms with Crippen LogP contribution in [-0.2, 0) is 19.6 Å². The van der Waals surface area contributed by atoms with E-state index in [1.165, 1.54) is 12.1 Å². The molecule has 27 heavy (non-hydrogen) atoms. The van der Waals surface area contributed by atoms with Crippen molar-refractivity contribution < 1.29 is 17.9 Å². The number of hydrogen-bond donors (Lipinski definition) is 0. The van der Waals surface area contributed by atoms with Crippen molar-refractivity contribution in [3.63, 3.8) is 0 Å². The lowest BCUT2D eigenvalue weighted by atomic mass is 10.2. The van der Waals surface area contributed by atoms with Gasteiger partial charge in [-0.1, -0.05) is 52.3 Å². The summed E-state index contributed by atoms with van der Waals surface area (Å²) in [5.74, 6) is -0.634. The van der Waals surface area contributed by atoms with Gasteiger partial charge in [0.15, 0.2) is 0 Å². The summed E-state index contributed by atoms with van der Waals surface area (Å²) in [5, 5.41) is 0. The molecule has 0 bridgehead atoms. The van der Waals surface area contributed by atoms with Gasteiger partial charge in [-0.05, 0) is 43.7 Å². The number of hydrogen-bond acceptors (Lipinski definition) is 4. The van der Waals surface area contributed by atoms with Gasteiger partial charge in [-0.25, -0.2) is 17.5 Å². The van der Waals surface area contributed by atoms with Crippen LogP contribution >= 0.6 is 15.9 Å². The highest BCUT2D eigenvalue weighted by Crippen LogP contribution is 2.27. The van der Waals surface area contributed by atoms with E-state index in [2.05, 4.69) is 22.5 Å². The topological polar surface area (TPSA) is 63.7 Å². The number of carbonyl (C=O) groups is 1. The van der Waals surface area contributed by atoms with Gasteiger partial charge in [0.1, 0.15) is 0 Å². The van der Waals surface area contributed by atoms with Crippen molar-refractivity contribution in [3.8, 4) is 0 Å². The number of sulfonamides is 1. The summed E-state index contributed by atoms with van der Waals surface area (Å²) < 4.78 is 33.0. The van der Waals surface area contributed by atoms with E-state index in [1.54, 1.807) is 43.3 Å². The van der Waals surface area contributed by atoms with Crippen molar-refractivity contribution in [2.45, 2.75) is 18.7 Å². The SMILES string of the molecule is C=C(c1ccc(Br)cc1)N(/C=C/C(=O)OCC)S(=O)(=O)c1ccc(C)cc1. The monoisotopic (exact) mass is 449 g/mol. The Hall–Kier alpha value is -2.38. The molecule has 0 radical (unpaired) electrons. The van der Waals surface area contributed by atoms with E-state index >= 15 is 0 Å². The third kappa shape index (κ3) is 5.30. The van der Waals surface area contributed by atoms with Crippen molar-refractivity contribution in [1.29, 1.82) is 0 Å². The van der Waals surface area contributed by atoms with Crippen LogP contribution in [-0.4, -0.2) is 25.3 Å². The lowest BCUT2D eigenvalue weighted by molar-refractivity contribution is -0.137. The zero-order valence-electron chi connectivity index (χ0n) is 15.1. The predicted molar refractivity (Wildman–Crippen MR) is 109 cm³/mol. The van der Waals surface area contributed by atoms with Crippen molar-refractivity contribution in [1.82, 2.24) is 4.31 Å². The minimum atomic E-state index is -3.96. The predicted octanol–water partition coefficient (Wildman–Crippen LogP) is 4.50. The molecule has 2 rings (SSSR count). The standard InChI is InChI=1S/C20H20BrNO4S/c1-4-26-20(23)13-14-22(16(3)17-7-9-18(21)10-8-17)27(24,25)19-11-5-15(2)6-12-19/h5-14H,3-4H2,1-2H3/b14-13+. The third-order valence-corrected chi connectivity index (χ3v) is 5.91. The molecule has 7 heteroatoms. The van der Waals surface area contributed by atoms with Crippen molar-refractivity contribution in [3.05, 3.63) is 83.0 Å². The van der Waals surface area contributed by atoms with Gasteiger partial charge in [0.05, 0.1) is 17.2 Å². The van der Waals surface area contributed by atoms with Crippen LogP contribution in [0.4, 0.5) is 0 Å². The minimum absolute atomic E-state index is 0.0971. The fraction of sp³-hybridized carbons (Fsp3) is 0.150. The van der Waals surface area contributed by atoms with Gasteiger partial charge >= 0.3 is 5.97 Å². The lowest BCUT2D eigenvalue weighted by Gasteiger charge is -2.23.